The molecule has 2 saturated heterocycles. The largest absolute Gasteiger partial charge is 0.431 e. The molecule has 0 radical (unpaired) electrons. The molecular formula is C19H23F4N7O. The van der Waals surface area contributed by atoms with Crippen LogP contribution in [0.2, 0.25) is 0 Å². The van der Waals surface area contributed by atoms with E-state index in [1.807, 2.05) is 19.0 Å². The van der Waals surface area contributed by atoms with E-state index in [4.69, 9.17) is 5.73 Å². The van der Waals surface area contributed by atoms with Gasteiger partial charge in [0.2, 0.25) is 5.95 Å². The molecule has 2 aliphatic heterocycles. The van der Waals surface area contributed by atoms with Gasteiger partial charge in [0, 0.05) is 49.9 Å². The van der Waals surface area contributed by atoms with Crippen LogP contribution in [0.3, 0.4) is 0 Å². The molecule has 0 aromatic carbocycles. The molecule has 0 bridgehead atoms. The quantitative estimate of drug-likeness (QED) is 0.684. The van der Waals surface area contributed by atoms with Gasteiger partial charge in [0.1, 0.15) is 5.82 Å². The predicted molar refractivity (Wildman–Crippen MR) is 108 cm³/mol. The van der Waals surface area contributed by atoms with Gasteiger partial charge in [-0.05, 0) is 20.2 Å². The Bertz CT molecular complexity index is 953. The van der Waals surface area contributed by atoms with E-state index in [1.54, 1.807) is 6.07 Å². The van der Waals surface area contributed by atoms with Crippen molar-refractivity contribution in [2.24, 2.45) is 0 Å². The van der Waals surface area contributed by atoms with E-state index < -0.39 is 19.1 Å². The molecule has 4 rings (SSSR count). The summed E-state index contributed by atoms with van der Waals surface area (Å²) >= 11 is 0. The number of ether oxygens (including phenoxy) is 1. The van der Waals surface area contributed by atoms with Crippen LogP contribution in [0.15, 0.2) is 18.3 Å². The van der Waals surface area contributed by atoms with Crippen molar-refractivity contribution in [2.45, 2.75) is 25.0 Å². The summed E-state index contributed by atoms with van der Waals surface area (Å²) in [5.74, 6) is -2.55. The standard InChI is InChI=1S/C19H23F4N7O/c1-28(2)12-8-30(9-12)15-6-13(11-5-14(31-17(20)21)16(24)25-7-11)26-18(27-15)29-4-3-19(22,23)10-29/h5-7,12,17H,3-4,8-10H2,1-2H3,(H2,24,25). The number of hydrogen-bond acceptors (Lipinski definition) is 8. The fourth-order valence-electron chi connectivity index (χ4n) is 3.53. The summed E-state index contributed by atoms with van der Waals surface area (Å²) in [5, 5.41) is 0. The zero-order valence-electron chi connectivity index (χ0n) is 17.1. The van der Waals surface area contributed by atoms with E-state index in [1.165, 1.54) is 17.2 Å². The van der Waals surface area contributed by atoms with Gasteiger partial charge < -0.3 is 25.2 Å². The minimum absolute atomic E-state index is 0.121. The molecule has 0 amide bonds. The molecule has 2 aromatic rings. The van der Waals surface area contributed by atoms with Gasteiger partial charge >= 0.3 is 6.61 Å². The minimum Gasteiger partial charge on any atom is -0.431 e. The highest BCUT2D eigenvalue weighted by Gasteiger charge is 2.40. The number of pyridine rings is 1. The van der Waals surface area contributed by atoms with E-state index in [9.17, 15) is 17.6 Å². The number of nitrogen functional groups attached to an aromatic ring is 1. The van der Waals surface area contributed by atoms with Gasteiger partial charge in [-0.3, -0.25) is 0 Å². The molecule has 2 aliphatic rings. The van der Waals surface area contributed by atoms with Crippen molar-refractivity contribution < 1.29 is 22.3 Å². The number of rotatable bonds is 6. The maximum Gasteiger partial charge on any atom is 0.387 e. The summed E-state index contributed by atoms with van der Waals surface area (Å²) in [6.45, 7) is -1.98. The van der Waals surface area contributed by atoms with Crippen LogP contribution in [-0.4, -0.2) is 78.7 Å². The van der Waals surface area contributed by atoms with Crippen molar-refractivity contribution in [3.8, 4) is 17.0 Å². The second-order valence-electron chi connectivity index (χ2n) is 7.95. The van der Waals surface area contributed by atoms with Crippen molar-refractivity contribution >= 4 is 17.6 Å². The Hall–Kier alpha value is -2.89. The first-order chi connectivity index (χ1) is 14.6. The first-order valence-electron chi connectivity index (χ1n) is 9.75. The Labute approximate surface area is 176 Å². The monoisotopic (exact) mass is 441 g/mol. The number of nitrogens with two attached hydrogens (primary N) is 1. The lowest BCUT2D eigenvalue weighted by Gasteiger charge is -2.43. The third kappa shape index (κ3) is 4.58. The van der Waals surface area contributed by atoms with Gasteiger partial charge in [0.25, 0.3) is 5.92 Å². The van der Waals surface area contributed by atoms with Crippen molar-refractivity contribution in [1.82, 2.24) is 19.9 Å². The normalized spacial score (nSPS) is 18.7. The van der Waals surface area contributed by atoms with Crippen LogP contribution in [0.1, 0.15) is 6.42 Å². The van der Waals surface area contributed by atoms with Crippen molar-refractivity contribution in [2.75, 3.05) is 55.8 Å². The molecule has 8 nitrogen and oxygen atoms in total. The lowest BCUT2D eigenvalue weighted by atomic mass is 10.1. The van der Waals surface area contributed by atoms with Crippen LogP contribution in [-0.2, 0) is 0 Å². The van der Waals surface area contributed by atoms with E-state index in [0.29, 0.717) is 23.1 Å². The Kier molecular flexibility index (Phi) is 5.50. The van der Waals surface area contributed by atoms with Crippen molar-refractivity contribution in [1.29, 1.82) is 0 Å². The summed E-state index contributed by atoms with van der Waals surface area (Å²) in [5.41, 5.74) is 6.34. The van der Waals surface area contributed by atoms with E-state index in [0.717, 1.165) is 13.1 Å². The molecule has 2 N–H and O–H groups in total. The highest BCUT2D eigenvalue weighted by molar-refractivity contribution is 5.68. The molecule has 12 heteroatoms. The zero-order chi connectivity index (χ0) is 22.3. The number of hydrogen-bond donors (Lipinski definition) is 1. The average molecular weight is 441 g/mol. The number of anilines is 3. The molecule has 0 saturated carbocycles. The summed E-state index contributed by atoms with van der Waals surface area (Å²) in [6, 6.07) is 3.34. The Balaban J connectivity index is 1.70. The lowest BCUT2D eigenvalue weighted by Crippen LogP contribution is -2.57. The second-order valence-corrected chi connectivity index (χ2v) is 7.95. The molecule has 168 valence electrons. The second kappa shape index (κ2) is 7.98. The van der Waals surface area contributed by atoms with Crippen LogP contribution >= 0.6 is 0 Å². The first kappa shape index (κ1) is 21.3. The Morgan fingerprint density at radius 2 is 1.94 bits per heavy atom. The smallest absolute Gasteiger partial charge is 0.387 e. The van der Waals surface area contributed by atoms with E-state index >= 15 is 0 Å². The highest BCUT2D eigenvalue weighted by atomic mass is 19.3. The number of aromatic nitrogens is 3. The Morgan fingerprint density at radius 3 is 2.55 bits per heavy atom. The van der Waals surface area contributed by atoms with Crippen molar-refractivity contribution in [3.05, 3.63) is 18.3 Å². The highest BCUT2D eigenvalue weighted by Crippen LogP contribution is 2.34. The maximum absolute atomic E-state index is 13.8. The third-order valence-corrected chi connectivity index (χ3v) is 5.46. The lowest BCUT2D eigenvalue weighted by molar-refractivity contribution is -0.0494. The molecule has 2 aromatic heterocycles. The molecule has 0 unspecified atom stereocenters. The fourth-order valence-corrected chi connectivity index (χ4v) is 3.53. The molecule has 2 fully saturated rings. The van der Waals surface area contributed by atoms with E-state index in [2.05, 4.69) is 24.6 Å². The third-order valence-electron chi connectivity index (χ3n) is 5.46. The summed E-state index contributed by atoms with van der Waals surface area (Å²) in [6.07, 6.45) is 1.10. The maximum atomic E-state index is 13.8. The number of likely N-dealkylation sites (N-methyl/N-ethyl adjacent to an activating group) is 1. The Morgan fingerprint density at radius 1 is 1.19 bits per heavy atom. The number of alkyl halides is 4. The average Bonchev–Trinajstić information content (AvgIpc) is 3.01. The van der Waals surface area contributed by atoms with Gasteiger partial charge in [0.15, 0.2) is 11.6 Å². The summed E-state index contributed by atoms with van der Waals surface area (Å²) in [4.78, 5) is 18.4. The van der Waals surface area contributed by atoms with Crippen LogP contribution in [0, 0.1) is 0 Å². The molecule has 31 heavy (non-hydrogen) atoms. The molecule has 0 aliphatic carbocycles. The summed E-state index contributed by atoms with van der Waals surface area (Å²) < 4.78 is 57.3. The van der Waals surface area contributed by atoms with Gasteiger partial charge in [-0.2, -0.15) is 13.8 Å². The predicted octanol–water partition coefficient (Wildman–Crippen LogP) is 2.32. The van der Waals surface area contributed by atoms with Crippen LogP contribution in [0.4, 0.5) is 35.1 Å². The SMILES string of the molecule is CN(C)C1CN(c2cc(-c3cnc(N)c(OC(F)F)c3)nc(N3CCC(F)(F)C3)n2)C1. The topological polar surface area (TPSA) is 83.6 Å². The molecular weight excluding hydrogens is 418 g/mol. The fraction of sp³-hybridized carbons (Fsp3) is 0.526. The van der Waals surface area contributed by atoms with Gasteiger partial charge in [-0.15, -0.1) is 0 Å². The summed E-state index contributed by atoms with van der Waals surface area (Å²) in [7, 11) is 3.96. The molecule has 4 heterocycles. The number of nitrogens with zero attached hydrogens (tertiary/aromatic N) is 6. The first-order valence-corrected chi connectivity index (χ1v) is 9.75. The van der Waals surface area contributed by atoms with Gasteiger partial charge in [-0.1, -0.05) is 0 Å². The zero-order valence-corrected chi connectivity index (χ0v) is 17.1. The van der Waals surface area contributed by atoms with Crippen LogP contribution in [0.5, 0.6) is 5.75 Å². The van der Waals surface area contributed by atoms with Gasteiger partial charge in [-0.25, -0.2) is 18.7 Å². The molecule has 0 spiro atoms. The van der Waals surface area contributed by atoms with E-state index in [-0.39, 0.29) is 30.5 Å². The van der Waals surface area contributed by atoms with Crippen molar-refractivity contribution in [3.63, 3.8) is 0 Å². The molecule has 0 atom stereocenters. The van der Waals surface area contributed by atoms with Crippen LogP contribution < -0.4 is 20.3 Å². The minimum atomic E-state index is -3.06. The van der Waals surface area contributed by atoms with Crippen LogP contribution in [0.25, 0.3) is 11.3 Å². The van der Waals surface area contributed by atoms with Gasteiger partial charge in [0.05, 0.1) is 12.2 Å². The number of halogens is 4.